The van der Waals surface area contributed by atoms with Crippen LogP contribution in [0.3, 0.4) is 0 Å². The minimum absolute atomic E-state index is 0.251. The van der Waals surface area contributed by atoms with E-state index in [1.807, 2.05) is 6.92 Å². The third-order valence-electron chi connectivity index (χ3n) is 4.95. The molecule has 0 spiro atoms. The smallest absolute Gasteiger partial charge is 0.325 e. The van der Waals surface area contributed by atoms with E-state index in [9.17, 15) is 14.4 Å². The van der Waals surface area contributed by atoms with Crippen LogP contribution in [0.15, 0.2) is 24.3 Å². The number of morpholine rings is 1. The number of nitrogens with zero attached hydrogens (tertiary/aromatic N) is 2. The average Bonchev–Trinajstić information content (AvgIpc) is 2.93. The van der Waals surface area contributed by atoms with E-state index in [1.54, 1.807) is 36.3 Å². The van der Waals surface area contributed by atoms with Crippen molar-refractivity contribution in [2.45, 2.75) is 18.9 Å². The van der Waals surface area contributed by atoms with Crippen LogP contribution in [0.25, 0.3) is 0 Å². The predicted octanol–water partition coefficient (Wildman–Crippen LogP) is 0.711. The largest absolute Gasteiger partial charge is 0.497 e. The highest BCUT2D eigenvalue weighted by molar-refractivity contribution is 6.09. The van der Waals surface area contributed by atoms with Gasteiger partial charge in [0.05, 0.1) is 20.3 Å². The normalized spacial score (nSPS) is 23.2. The maximum absolute atomic E-state index is 13.1. The third kappa shape index (κ3) is 3.12. The van der Waals surface area contributed by atoms with Gasteiger partial charge >= 0.3 is 6.03 Å². The maximum Gasteiger partial charge on any atom is 0.325 e. The summed E-state index contributed by atoms with van der Waals surface area (Å²) in [5, 5.41) is 2.78. The van der Waals surface area contributed by atoms with Gasteiger partial charge in [-0.2, -0.15) is 0 Å². The Labute approximate surface area is 152 Å². The molecule has 26 heavy (non-hydrogen) atoms. The molecule has 1 atom stereocenters. The second kappa shape index (κ2) is 7.33. The molecule has 1 unspecified atom stereocenters. The zero-order valence-corrected chi connectivity index (χ0v) is 15.0. The summed E-state index contributed by atoms with van der Waals surface area (Å²) in [5.74, 6) is 0.00587. The fourth-order valence-electron chi connectivity index (χ4n) is 3.33. The first-order valence-corrected chi connectivity index (χ1v) is 8.66. The van der Waals surface area contributed by atoms with E-state index in [4.69, 9.17) is 9.47 Å². The van der Waals surface area contributed by atoms with Gasteiger partial charge in [-0.1, -0.05) is 19.1 Å². The van der Waals surface area contributed by atoms with Crippen molar-refractivity contribution in [1.29, 1.82) is 0 Å². The molecule has 2 fully saturated rings. The van der Waals surface area contributed by atoms with E-state index < -0.39 is 17.5 Å². The van der Waals surface area contributed by atoms with Crippen LogP contribution in [-0.2, 0) is 19.9 Å². The van der Waals surface area contributed by atoms with E-state index in [-0.39, 0.29) is 12.5 Å². The lowest BCUT2D eigenvalue weighted by molar-refractivity contribution is -0.141. The first-order chi connectivity index (χ1) is 12.5. The van der Waals surface area contributed by atoms with Crippen LogP contribution in [0.2, 0.25) is 0 Å². The number of ether oxygens (including phenoxy) is 2. The monoisotopic (exact) mass is 361 g/mol. The highest BCUT2D eigenvalue weighted by Gasteiger charge is 2.51. The molecule has 0 saturated carbocycles. The number of urea groups is 1. The Morgan fingerprint density at radius 3 is 2.46 bits per heavy atom. The van der Waals surface area contributed by atoms with E-state index in [1.165, 1.54) is 0 Å². The summed E-state index contributed by atoms with van der Waals surface area (Å²) in [7, 11) is 1.56. The molecular formula is C18H23N3O5. The highest BCUT2D eigenvalue weighted by Crippen LogP contribution is 2.33. The quantitative estimate of drug-likeness (QED) is 0.781. The molecule has 2 aliphatic heterocycles. The molecule has 140 valence electrons. The first kappa shape index (κ1) is 18.2. The highest BCUT2D eigenvalue weighted by atomic mass is 16.5. The number of hydrogen-bond donors (Lipinski definition) is 1. The fourth-order valence-corrected chi connectivity index (χ4v) is 3.33. The van der Waals surface area contributed by atoms with Crippen molar-refractivity contribution < 1.29 is 23.9 Å². The van der Waals surface area contributed by atoms with Crippen molar-refractivity contribution in [2.75, 3.05) is 40.0 Å². The van der Waals surface area contributed by atoms with Crippen molar-refractivity contribution >= 4 is 17.8 Å². The van der Waals surface area contributed by atoms with Gasteiger partial charge in [0.2, 0.25) is 5.91 Å². The molecule has 0 bridgehead atoms. The minimum atomic E-state index is -1.16. The van der Waals surface area contributed by atoms with Gasteiger partial charge in [0.15, 0.2) is 0 Å². The van der Waals surface area contributed by atoms with Crippen LogP contribution in [0.4, 0.5) is 4.79 Å². The SMILES string of the molecule is CCC1(c2ccc(OC)cc2)NC(=O)N(CC(=O)N2CCOCC2)C1=O. The summed E-state index contributed by atoms with van der Waals surface area (Å²) in [6, 6.07) is 6.46. The van der Waals surface area contributed by atoms with Crippen molar-refractivity contribution in [1.82, 2.24) is 15.1 Å². The number of benzene rings is 1. The summed E-state index contributed by atoms with van der Waals surface area (Å²) >= 11 is 0. The maximum atomic E-state index is 13.1. The van der Waals surface area contributed by atoms with Gasteiger partial charge < -0.3 is 19.7 Å². The lowest BCUT2D eigenvalue weighted by Crippen LogP contribution is -2.48. The molecular weight excluding hydrogens is 338 g/mol. The summed E-state index contributed by atoms with van der Waals surface area (Å²) in [5.41, 5.74) is -0.491. The molecule has 2 saturated heterocycles. The predicted molar refractivity (Wildman–Crippen MR) is 92.6 cm³/mol. The van der Waals surface area contributed by atoms with Gasteiger partial charge in [0.1, 0.15) is 17.8 Å². The molecule has 0 radical (unpaired) electrons. The Morgan fingerprint density at radius 2 is 1.88 bits per heavy atom. The van der Waals surface area contributed by atoms with Gasteiger partial charge in [-0.3, -0.25) is 14.5 Å². The summed E-state index contributed by atoms with van der Waals surface area (Å²) < 4.78 is 10.4. The van der Waals surface area contributed by atoms with Crippen LogP contribution in [0.5, 0.6) is 5.75 Å². The zero-order valence-electron chi connectivity index (χ0n) is 15.0. The second-order valence-electron chi connectivity index (χ2n) is 6.30. The Bertz CT molecular complexity index is 699. The number of hydrogen-bond acceptors (Lipinski definition) is 5. The molecule has 8 heteroatoms. The van der Waals surface area contributed by atoms with E-state index in [0.29, 0.717) is 44.0 Å². The summed E-state index contributed by atoms with van der Waals surface area (Å²) in [6.07, 6.45) is 0.381. The van der Waals surface area contributed by atoms with E-state index in [2.05, 4.69) is 5.32 Å². The molecule has 0 aromatic heterocycles. The molecule has 2 heterocycles. The Kier molecular flexibility index (Phi) is 5.13. The van der Waals surface area contributed by atoms with Gasteiger partial charge in [-0.05, 0) is 24.1 Å². The lowest BCUT2D eigenvalue weighted by Gasteiger charge is -2.29. The van der Waals surface area contributed by atoms with E-state index in [0.717, 1.165) is 4.90 Å². The topological polar surface area (TPSA) is 88.2 Å². The molecule has 1 aromatic carbocycles. The number of nitrogens with one attached hydrogen (secondary N) is 1. The fraction of sp³-hybridized carbons (Fsp3) is 0.500. The number of methoxy groups -OCH3 is 1. The van der Waals surface area contributed by atoms with Crippen LogP contribution in [-0.4, -0.2) is 67.6 Å². The summed E-state index contributed by atoms with van der Waals surface area (Å²) in [6.45, 7) is 3.45. The van der Waals surface area contributed by atoms with Crippen LogP contribution < -0.4 is 10.1 Å². The van der Waals surface area contributed by atoms with Crippen LogP contribution >= 0.6 is 0 Å². The lowest BCUT2D eigenvalue weighted by atomic mass is 9.87. The number of amides is 4. The van der Waals surface area contributed by atoms with Gasteiger partial charge in [-0.25, -0.2) is 4.79 Å². The van der Waals surface area contributed by atoms with Crippen LogP contribution in [0, 0.1) is 0 Å². The zero-order chi connectivity index (χ0) is 18.7. The second-order valence-corrected chi connectivity index (χ2v) is 6.30. The van der Waals surface area contributed by atoms with Crippen LogP contribution in [0.1, 0.15) is 18.9 Å². The molecule has 0 aliphatic carbocycles. The minimum Gasteiger partial charge on any atom is -0.497 e. The Morgan fingerprint density at radius 1 is 1.23 bits per heavy atom. The van der Waals surface area contributed by atoms with Crippen molar-refractivity contribution in [2.24, 2.45) is 0 Å². The molecule has 2 aliphatic rings. The number of carbonyl (C=O) groups excluding carboxylic acids is 3. The molecule has 8 nitrogen and oxygen atoms in total. The Balaban J connectivity index is 1.80. The number of imide groups is 1. The van der Waals surface area contributed by atoms with Crippen molar-refractivity contribution in [3.05, 3.63) is 29.8 Å². The molecule has 4 amide bonds. The number of rotatable bonds is 5. The molecule has 3 rings (SSSR count). The average molecular weight is 361 g/mol. The Hall–Kier alpha value is -2.61. The van der Waals surface area contributed by atoms with Gasteiger partial charge in [0.25, 0.3) is 5.91 Å². The first-order valence-electron chi connectivity index (χ1n) is 8.66. The van der Waals surface area contributed by atoms with E-state index >= 15 is 0 Å². The van der Waals surface area contributed by atoms with Gasteiger partial charge in [-0.15, -0.1) is 0 Å². The molecule has 1 aromatic rings. The van der Waals surface area contributed by atoms with Crippen molar-refractivity contribution in [3.8, 4) is 5.75 Å². The number of carbonyl (C=O) groups is 3. The van der Waals surface area contributed by atoms with Gasteiger partial charge in [0, 0.05) is 13.1 Å². The standard InChI is InChI=1S/C18H23N3O5/c1-3-18(13-4-6-14(25-2)7-5-13)16(23)21(17(24)19-18)12-15(22)20-8-10-26-11-9-20/h4-7H,3,8-12H2,1-2H3,(H,19,24). The van der Waals surface area contributed by atoms with Crippen molar-refractivity contribution in [3.63, 3.8) is 0 Å². The molecule has 1 N–H and O–H groups in total. The third-order valence-corrected chi connectivity index (χ3v) is 4.95. The summed E-state index contributed by atoms with van der Waals surface area (Å²) in [4.78, 5) is 40.6.